The van der Waals surface area contributed by atoms with Crippen LogP contribution in [-0.2, 0) is 0 Å². The first-order chi connectivity index (χ1) is 4.27. The normalized spacial score (nSPS) is 51.0. The van der Waals surface area contributed by atoms with E-state index in [0.717, 1.165) is 18.8 Å². The van der Waals surface area contributed by atoms with E-state index >= 15 is 0 Å². The molecule has 2 nitrogen and oxygen atoms in total. The standard InChI is InChI=1S/C7H13NO.ClH/c8-6-2-4-1-5(6)7(9)3-4;/h4-7,9H,1-3,8H2;1H/t4-,5+,6-,7+;/m1./s1. The van der Waals surface area contributed by atoms with Crippen molar-refractivity contribution < 1.29 is 5.11 Å². The fourth-order valence-electron chi connectivity index (χ4n) is 2.37. The predicted octanol–water partition coefficient (Wildman–Crippen LogP) is 0.526. The van der Waals surface area contributed by atoms with Gasteiger partial charge in [0.25, 0.3) is 0 Å². The van der Waals surface area contributed by atoms with E-state index in [0.29, 0.717) is 12.0 Å². The van der Waals surface area contributed by atoms with E-state index in [2.05, 4.69) is 0 Å². The zero-order valence-electron chi connectivity index (χ0n) is 5.86. The number of nitrogens with two attached hydrogens (primary N) is 1. The largest absolute Gasteiger partial charge is 0.393 e. The molecule has 0 amide bonds. The number of hydrogen-bond acceptors (Lipinski definition) is 2. The minimum Gasteiger partial charge on any atom is -0.393 e. The van der Waals surface area contributed by atoms with Crippen LogP contribution in [0, 0.1) is 11.8 Å². The van der Waals surface area contributed by atoms with Gasteiger partial charge in [-0.25, -0.2) is 0 Å². The molecule has 3 N–H and O–H groups in total. The van der Waals surface area contributed by atoms with E-state index < -0.39 is 0 Å². The highest BCUT2D eigenvalue weighted by Crippen LogP contribution is 2.43. The second-order valence-corrected chi connectivity index (χ2v) is 3.47. The van der Waals surface area contributed by atoms with Crippen LogP contribution in [0.3, 0.4) is 0 Å². The van der Waals surface area contributed by atoms with Crippen molar-refractivity contribution in [2.75, 3.05) is 0 Å². The molecule has 2 bridgehead atoms. The lowest BCUT2D eigenvalue weighted by molar-refractivity contribution is 0.103. The highest BCUT2D eigenvalue weighted by Gasteiger charge is 2.43. The van der Waals surface area contributed by atoms with E-state index in [-0.39, 0.29) is 18.5 Å². The van der Waals surface area contributed by atoms with Crippen LogP contribution in [0.5, 0.6) is 0 Å². The van der Waals surface area contributed by atoms with Crippen LogP contribution in [-0.4, -0.2) is 17.3 Å². The molecule has 3 heteroatoms. The second-order valence-electron chi connectivity index (χ2n) is 3.47. The van der Waals surface area contributed by atoms with Gasteiger partial charge in [-0.3, -0.25) is 0 Å². The van der Waals surface area contributed by atoms with E-state index in [1.165, 1.54) is 6.42 Å². The maximum absolute atomic E-state index is 9.31. The third-order valence-electron chi connectivity index (χ3n) is 2.83. The number of hydrogen-bond donors (Lipinski definition) is 2. The van der Waals surface area contributed by atoms with Gasteiger partial charge in [0.1, 0.15) is 0 Å². The van der Waals surface area contributed by atoms with Crippen LogP contribution >= 0.6 is 12.4 Å². The summed E-state index contributed by atoms with van der Waals surface area (Å²) in [6.45, 7) is 0. The molecule has 2 aliphatic carbocycles. The van der Waals surface area contributed by atoms with Crippen LogP contribution in [0.25, 0.3) is 0 Å². The van der Waals surface area contributed by atoms with Gasteiger partial charge < -0.3 is 10.8 Å². The molecule has 0 aliphatic heterocycles. The second kappa shape index (κ2) is 2.68. The Morgan fingerprint density at radius 3 is 2.20 bits per heavy atom. The van der Waals surface area contributed by atoms with Crippen molar-refractivity contribution in [2.24, 2.45) is 17.6 Å². The van der Waals surface area contributed by atoms with Crippen LogP contribution < -0.4 is 5.73 Å². The molecule has 0 saturated heterocycles. The van der Waals surface area contributed by atoms with Gasteiger partial charge in [-0.05, 0) is 25.2 Å². The molecule has 10 heavy (non-hydrogen) atoms. The lowest BCUT2D eigenvalue weighted by Gasteiger charge is -2.21. The van der Waals surface area contributed by atoms with Crippen molar-refractivity contribution in [1.82, 2.24) is 0 Å². The van der Waals surface area contributed by atoms with E-state index in [4.69, 9.17) is 5.73 Å². The van der Waals surface area contributed by atoms with Crippen LogP contribution in [0.4, 0.5) is 0 Å². The Kier molecular flexibility index (Phi) is 2.23. The first-order valence-corrected chi connectivity index (χ1v) is 3.71. The van der Waals surface area contributed by atoms with Gasteiger partial charge >= 0.3 is 0 Å². The highest BCUT2D eigenvalue weighted by atomic mass is 35.5. The zero-order chi connectivity index (χ0) is 6.43. The molecule has 0 radical (unpaired) electrons. The summed E-state index contributed by atoms with van der Waals surface area (Å²) in [5.74, 6) is 1.19. The van der Waals surface area contributed by atoms with Gasteiger partial charge in [0, 0.05) is 12.0 Å². The first kappa shape index (κ1) is 8.31. The summed E-state index contributed by atoms with van der Waals surface area (Å²) in [4.78, 5) is 0. The molecule has 2 saturated carbocycles. The summed E-state index contributed by atoms with van der Waals surface area (Å²) >= 11 is 0. The number of fused-ring (bicyclic) bond motifs is 2. The van der Waals surface area contributed by atoms with Crippen LogP contribution in [0.1, 0.15) is 19.3 Å². The number of halogens is 1. The SMILES string of the molecule is Cl.N[C@@H]1C[C@H]2C[C@@H]1[C@@H](O)C2. The molecule has 0 unspecified atom stereocenters. The van der Waals surface area contributed by atoms with Crippen molar-refractivity contribution in [3.63, 3.8) is 0 Å². The third-order valence-corrected chi connectivity index (χ3v) is 2.83. The summed E-state index contributed by atoms with van der Waals surface area (Å²) in [5.41, 5.74) is 5.75. The Hall–Kier alpha value is 0.210. The van der Waals surface area contributed by atoms with Crippen LogP contribution in [0.2, 0.25) is 0 Å². The van der Waals surface area contributed by atoms with Crippen molar-refractivity contribution in [3.8, 4) is 0 Å². The quantitative estimate of drug-likeness (QED) is 0.547. The Balaban J connectivity index is 0.000000500. The fourth-order valence-corrected chi connectivity index (χ4v) is 2.37. The minimum absolute atomic E-state index is 0. The maximum atomic E-state index is 9.31. The lowest BCUT2D eigenvalue weighted by atomic mass is 9.94. The van der Waals surface area contributed by atoms with Crippen molar-refractivity contribution in [1.29, 1.82) is 0 Å². The van der Waals surface area contributed by atoms with Crippen molar-refractivity contribution >= 4 is 12.4 Å². The molecule has 0 aromatic rings. The van der Waals surface area contributed by atoms with Gasteiger partial charge in [-0.2, -0.15) is 0 Å². The zero-order valence-corrected chi connectivity index (χ0v) is 6.68. The highest BCUT2D eigenvalue weighted by molar-refractivity contribution is 5.85. The molecule has 4 atom stereocenters. The lowest BCUT2D eigenvalue weighted by Crippen LogP contribution is -2.34. The number of rotatable bonds is 0. The molecule has 2 rings (SSSR count). The maximum Gasteiger partial charge on any atom is 0.0585 e. The number of aliphatic hydroxyl groups is 1. The average Bonchev–Trinajstić information content (AvgIpc) is 2.22. The monoisotopic (exact) mass is 163 g/mol. The molecule has 0 aromatic carbocycles. The van der Waals surface area contributed by atoms with E-state index in [1.54, 1.807) is 0 Å². The van der Waals surface area contributed by atoms with Gasteiger partial charge in [0.15, 0.2) is 0 Å². The van der Waals surface area contributed by atoms with Crippen molar-refractivity contribution in [3.05, 3.63) is 0 Å². The van der Waals surface area contributed by atoms with E-state index in [1.807, 2.05) is 0 Å². The first-order valence-electron chi connectivity index (χ1n) is 3.71. The molecule has 0 aromatic heterocycles. The molecular formula is C7H14ClNO. The van der Waals surface area contributed by atoms with Crippen molar-refractivity contribution in [2.45, 2.75) is 31.4 Å². The summed E-state index contributed by atoms with van der Waals surface area (Å²) < 4.78 is 0. The van der Waals surface area contributed by atoms with Gasteiger partial charge in [-0.15, -0.1) is 12.4 Å². The fraction of sp³-hybridized carbons (Fsp3) is 1.00. The summed E-state index contributed by atoms with van der Waals surface area (Å²) in [5, 5.41) is 9.31. The summed E-state index contributed by atoms with van der Waals surface area (Å²) in [7, 11) is 0. The molecule has 60 valence electrons. The Labute approximate surface area is 67.2 Å². The molecule has 0 spiro atoms. The van der Waals surface area contributed by atoms with Gasteiger partial charge in [0.2, 0.25) is 0 Å². The summed E-state index contributed by atoms with van der Waals surface area (Å²) in [6, 6.07) is 0.304. The molecule has 2 fully saturated rings. The van der Waals surface area contributed by atoms with Gasteiger partial charge in [0.05, 0.1) is 6.10 Å². The molecule has 2 aliphatic rings. The predicted molar refractivity (Wildman–Crippen MR) is 42.1 cm³/mol. The minimum atomic E-state index is -0.0706. The molecule has 0 heterocycles. The Bertz CT molecular complexity index is 119. The van der Waals surface area contributed by atoms with E-state index in [9.17, 15) is 5.11 Å². The smallest absolute Gasteiger partial charge is 0.0585 e. The van der Waals surface area contributed by atoms with Gasteiger partial charge in [-0.1, -0.05) is 0 Å². The number of aliphatic hydroxyl groups excluding tert-OH is 1. The topological polar surface area (TPSA) is 46.2 Å². The molecular weight excluding hydrogens is 150 g/mol. The third kappa shape index (κ3) is 1.04. The van der Waals surface area contributed by atoms with Crippen LogP contribution in [0.15, 0.2) is 0 Å². The Morgan fingerprint density at radius 2 is 1.90 bits per heavy atom. The average molecular weight is 164 g/mol. The summed E-state index contributed by atoms with van der Waals surface area (Å²) in [6.07, 6.45) is 3.28. The Morgan fingerprint density at radius 1 is 1.20 bits per heavy atom.